The minimum Gasteiger partial charge on any atom is 0 e. The standard InChI is InChI=1S/Al.Nb.Ni.Ti.Zr.3H. The summed E-state index contributed by atoms with van der Waals surface area (Å²) in [6.07, 6.45) is 0. The summed E-state index contributed by atoms with van der Waals surface area (Å²) in [6.45, 7) is 0. The molecule has 0 rings (SSSR count). The Labute approximate surface area is 102 Å². The van der Waals surface area contributed by atoms with Crippen molar-refractivity contribution in [3.8, 4) is 0 Å². The topological polar surface area (TPSA) is 0 Å². The minimum atomic E-state index is 0. The van der Waals surface area contributed by atoms with Crippen LogP contribution in [0.5, 0.6) is 0 Å². The molecule has 29 valence electrons. The van der Waals surface area contributed by atoms with E-state index in [0.29, 0.717) is 0 Å². The van der Waals surface area contributed by atoms with E-state index in [1.807, 2.05) is 0 Å². The molecule has 0 aromatic carbocycles. The number of rotatable bonds is 0. The van der Waals surface area contributed by atoms with Gasteiger partial charge in [-0.15, -0.1) is 0 Å². The molecule has 0 saturated carbocycles. The summed E-state index contributed by atoms with van der Waals surface area (Å²) in [5, 5.41) is 0. The maximum atomic E-state index is 0. The van der Waals surface area contributed by atoms with E-state index >= 15 is 0 Å². The van der Waals surface area contributed by atoms with Crippen molar-refractivity contribution in [2.75, 3.05) is 0 Å². The van der Waals surface area contributed by atoms with Crippen molar-refractivity contribution in [3.05, 3.63) is 0 Å². The van der Waals surface area contributed by atoms with Crippen LogP contribution in [-0.4, -0.2) is 17.4 Å². The number of hydrogen-bond acceptors (Lipinski definition) is 0. The van der Waals surface area contributed by atoms with Crippen LogP contribution in [0.1, 0.15) is 0 Å². The molecule has 0 aliphatic carbocycles. The minimum absolute atomic E-state index is 0. The maximum Gasteiger partial charge on any atom is 0.187 e. The molecule has 0 heterocycles. The zero-order valence-corrected chi connectivity index (χ0v) is 8.97. The molecule has 5 heteroatoms. The van der Waals surface area contributed by atoms with E-state index in [1.54, 1.807) is 0 Å². The second-order valence-electron chi connectivity index (χ2n) is 0. The Morgan fingerprint density at radius 2 is 1.00 bits per heavy atom. The van der Waals surface area contributed by atoms with Gasteiger partial charge in [-0.05, 0) is 0 Å². The van der Waals surface area contributed by atoms with Crippen LogP contribution in [0.25, 0.3) is 0 Å². The van der Waals surface area contributed by atoms with Crippen LogP contribution < -0.4 is 0 Å². The largest absolute Gasteiger partial charge is 0.187 e. The quantitative estimate of drug-likeness (QED) is 0.492. The van der Waals surface area contributed by atoms with Crippen molar-refractivity contribution in [1.82, 2.24) is 0 Å². The van der Waals surface area contributed by atoms with Gasteiger partial charge in [-0.1, -0.05) is 0 Å². The van der Waals surface area contributed by atoms with E-state index in [9.17, 15) is 0 Å². The second kappa shape index (κ2) is 26.4. The fraction of sp³-hybridized carbons (Fsp3) is 0. The molecule has 0 aromatic heterocycles. The van der Waals surface area contributed by atoms with Crippen molar-refractivity contribution < 1.29 is 86.8 Å². The molecule has 0 unspecified atom stereocenters. The van der Waals surface area contributed by atoms with Crippen molar-refractivity contribution in [1.29, 1.82) is 0 Å². The van der Waals surface area contributed by atoms with E-state index < -0.39 is 0 Å². The van der Waals surface area contributed by atoms with Crippen LogP contribution in [0, 0.1) is 0 Å². The van der Waals surface area contributed by atoms with Gasteiger partial charge in [-0.3, -0.25) is 0 Å². The first-order valence-electron chi connectivity index (χ1n) is 0. The van der Waals surface area contributed by atoms with Gasteiger partial charge in [0.05, 0.1) is 0 Å². The molecule has 0 fully saturated rings. The second-order valence-corrected chi connectivity index (χ2v) is 0. The summed E-state index contributed by atoms with van der Waals surface area (Å²) >= 11 is 0. The monoisotopic (exact) mass is 319 g/mol. The average molecular weight is 321 g/mol. The summed E-state index contributed by atoms with van der Waals surface area (Å²) in [7, 11) is 0. The Kier molecular flexibility index (Phi) is 211. The molecule has 0 aliphatic rings. The van der Waals surface area contributed by atoms with Gasteiger partial charge in [0.2, 0.25) is 0 Å². The third-order valence-electron chi connectivity index (χ3n) is 0. The summed E-state index contributed by atoms with van der Waals surface area (Å²) in [4.78, 5) is 0. The summed E-state index contributed by atoms with van der Waals surface area (Å²) in [5.41, 5.74) is 0. The van der Waals surface area contributed by atoms with Gasteiger partial charge in [0, 0.05) is 86.8 Å². The van der Waals surface area contributed by atoms with Gasteiger partial charge >= 0.3 is 0 Å². The van der Waals surface area contributed by atoms with Crippen LogP contribution >= 0.6 is 0 Å². The molecule has 0 saturated heterocycles. The summed E-state index contributed by atoms with van der Waals surface area (Å²) < 4.78 is 0. The molecule has 0 spiro atoms. The first kappa shape index (κ1) is 40.1. The molecule has 0 aromatic rings. The molecule has 0 aliphatic heterocycles. The SMILES string of the molecule is [AlH3].[Nb].[Ni].[Ti].[Zr]. The van der Waals surface area contributed by atoms with E-state index in [2.05, 4.69) is 0 Å². The first-order valence-corrected chi connectivity index (χ1v) is 0. The molecule has 0 amide bonds. The van der Waals surface area contributed by atoms with Crippen molar-refractivity contribution in [2.45, 2.75) is 0 Å². The Bertz CT molecular complexity index is 11.6. The van der Waals surface area contributed by atoms with Crippen LogP contribution in [0.3, 0.4) is 0 Å². The molecular weight excluding hydrogens is 318 g/mol. The zero-order chi connectivity index (χ0) is 0. The van der Waals surface area contributed by atoms with Gasteiger partial charge in [-0.2, -0.15) is 0 Å². The molecule has 0 nitrogen and oxygen atoms in total. The van der Waals surface area contributed by atoms with Gasteiger partial charge in [0.1, 0.15) is 0 Å². The van der Waals surface area contributed by atoms with Crippen LogP contribution in [0.2, 0.25) is 0 Å². The van der Waals surface area contributed by atoms with Crippen LogP contribution in [0.4, 0.5) is 0 Å². The molecular formula is H3AlNbNiTiZr. The zero-order valence-electron chi connectivity index (χ0n) is 1.76. The van der Waals surface area contributed by atoms with Gasteiger partial charge in [0.25, 0.3) is 0 Å². The molecule has 0 bridgehead atoms. The third-order valence-corrected chi connectivity index (χ3v) is 0. The van der Waals surface area contributed by atoms with Gasteiger partial charge in [0.15, 0.2) is 17.4 Å². The fourth-order valence-corrected chi connectivity index (χ4v) is 0. The van der Waals surface area contributed by atoms with Crippen molar-refractivity contribution in [2.24, 2.45) is 0 Å². The predicted molar refractivity (Wildman–Crippen MR) is 9.94 cm³/mol. The average Bonchev–Trinajstić information content (AvgIpc) is 0. The Morgan fingerprint density at radius 1 is 1.00 bits per heavy atom. The van der Waals surface area contributed by atoms with Crippen molar-refractivity contribution in [3.63, 3.8) is 0 Å². The fourth-order valence-electron chi connectivity index (χ4n) is 0. The molecule has 1 radical (unpaired) electrons. The van der Waals surface area contributed by atoms with Crippen LogP contribution in [0.15, 0.2) is 0 Å². The Balaban J connectivity index is 0. The van der Waals surface area contributed by atoms with Crippen molar-refractivity contribution >= 4 is 17.4 Å². The van der Waals surface area contributed by atoms with E-state index in [-0.39, 0.29) is 104 Å². The normalized spacial score (nSPS) is 0. The molecule has 5 heavy (non-hydrogen) atoms. The summed E-state index contributed by atoms with van der Waals surface area (Å²) in [5.74, 6) is 0. The van der Waals surface area contributed by atoms with Gasteiger partial charge in [-0.25, -0.2) is 0 Å². The van der Waals surface area contributed by atoms with E-state index in [0.717, 1.165) is 0 Å². The molecule has 0 N–H and O–H groups in total. The smallest absolute Gasteiger partial charge is 0 e. The van der Waals surface area contributed by atoms with E-state index in [4.69, 9.17) is 0 Å². The van der Waals surface area contributed by atoms with Gasteiger partial charge < -0.3 is 0 Å². The predicted octanol–water partition coefficient (Wildman–Crippen LogP) is -1.19. The van der Waals surface area contributed by atoms with E-state index in [1.165, 1.54) is 0 Å². The maximum absolute atomic E-state index is 0. The van der Waals surface area contributed by atoms with Crippen LogP contribution in [-0.2, 0) is 86.8 Å². The Morgan fingerprint density at radius 3 is 1.00 bits per heavy atom. The molecule has 0 atom stereocenters. The number of hydrogen-bond donors (Lipinski definition) is 0. The summed E-state index contributed by atoms with van der Waals surface area (Å²) in [6, 6.07) is 0. The Hall–Kier alpha value is 3.36. The first-order chi connectivity index (χ1) is 0. The third kappa shape index (κ3) is 18.7.